The van der Waals surface area contributed by atoms with E-state index in [9.17, 15) is 8.42 Å². The largest absolute Gasteiger partial charge is 0.493 e. The minimum atomic E-state index is -3.91. The summed E-state index contributed by atoms with van der Waals surface area (Å²) in [5.41, 5.74) is 0.603. The summed E-state index contributed by atoms with van der Waals surface area (Å²) in [7, 11) is -2.51. The van der Waals surface area contributed by atoms with Crippen LogP contribution in [0.15, 0.2) is 53.4 Å². The maximum Gasteiger partial charge on any atom is 0.339 e. The summed E-state index contributed by atoms with van der Waals surface area (Å²) in [5, 5.41) is 9.04. The van der Waals surface area contributed by atoms with E-state index in [1.165, 1.54) is 31.4 Å². The highest BCUT2D eigenvalue weighted by atomic mass is 32.2. The number of methoxy groups -OCH3 is 1. The number of rotatable bonds is 5. The molecule has 0 saturated carbocycles. The molecular formula is C14H14O5S. The molecule has 0 saturated heterocycles. The molecule has 20 heavy (non-hydrogen) atoms. The van der Waals surface area contributed by atoms with Crippen LogP contribution < -0.4 is 8.92 Å². The minimum absolute atomic E-state index is 0.0632. The van der Waals surface area contributed by atoms with Crippen LogP contribution in [0.25, 0.3) is 0 Å². The molecule has 0 spiro atoms. The standard InChI is InChI=1S/C14H14O5S/c1-18-14-9-11(10-15)7-8-13(14)19-20(16,17)12-5-3-2-4-6-12/h2-9,15H,10H2,1H3. The molecule has 106 valence electrons. The van der Waals surface area contributed by atoms with E-state index in [0.29, 0.717) is 5.56 Å². The van der Waals surface area contributed by atoms with Gasteiger partial charge >= 0.3 is 10.1 Å². The average Bonchev–Trinajstić information content (AvgIpc) is 2.48. The van der Waals surface area contributed by atoms with Crippen molar-refractivity contribution in [3.05, 3.63) is 54.1 Å². The molecule has 0 unspecified atom stereocenters. The third-order valence-electron chi connectivity index (χ3n) is 2.64. The van der Waals surface area contributed by atoms with Crippen molar-refractivity contribution in [3.8, 4) is 11.5 Å². The molecule has 0 amide bonds. The molecule has 6 heteroatoms. The van der Waals surface area contributed by atoms with E-state index in [2.05, 4.69) is 0 Å². The Labute approximate surface area is 117 Å². The fraction of sp³-hybridized carbons (Fsp3) is 0.143. The van der Waals surface area contributed by atoms with Crippen LogP contribution in [0.5, 0.6) is 11.5 Å². The van der Waals surface area contributed by atoms with Gasteiger partial charge in [-0.3, -0.25) is 0 Å². The molecule has 0 aromatic heterocycles. The minimum Gasteiger partial charge on any atom is -0.493 e. The predicted molar refractivity (Wildman–Crippen MR) is 73.2 cm³/mol. The van der Waals surface area contributed by atoms with Gasteiger partial charge in [0.25, 0.3) is 0 Å². The number of benzene rings is 2. The molecule has 0 aliphatic heterocycles. The van der Waals surface area contributed by atoms with Crippen LogP contribution in [-0.2, 0) is 16.7 Å². The van der Waals surface area contributed by atoms with E-state index in [1.54, 1.807) is 24.3 Å². The van der Waals surface area contributed by atoms with Gasteiger partial charge in [-0.1, -0.05) is 24.3 Å². The second kappa shape index (κ2) is 5.94. The molecule has 0 fully saturated rings. The molecule has 0 atom stereocenters. The van der Waals surface area contributed by atoms with Gasteiger partial charge in [0.05, 0.1) is 13.7 Å². The van der Waals surface area contributed by atoms with E-state index in [-0.39, 0.29) is 23.0 Å². The highest BCUT2D eigenvalue weighted by Crippen LogP contribution is 2.30. The molecule has 2 rings (SSSR count). The molecule has 0 radical (unpaired) electrons. The van der Waals surface area contributed by atoms with Crippen LogP contribution in [0.1, 0.15) is 5.56 Å². The molecule has 5 nitrogen and oxygen atoms in total. The zero-order valence-corrected chi connectivity index (χ0v) is 11.6. The summed E-state index contributed by atoms with van der Waals surface area (Å²) < 4.78 is 34.3. The number of hydrogen-bond donors (Lipinski definition) is 1. The first-order valence-corrected chi connectivity index (χ1v) is 7.25. The zero-order valence-electron chi connectivity index (χ0n) is 10.8. The number of ether oxygens (including phenoxy) is 1. The van der Waals surface area contributed by atoms with Gasteiger partial charge in [0.2, 0.25) is 0 Å². The van der Waals surface area contributed by atoms with E-state index in [4.69, 9.17) is 14.0 Å². The molecule has 1 N–H and O–H groups in total. The van der Waals surface area contributed by atoms with Crippen molar-refractivity contribution in [1.82, 2.24) is 0 Å². The van der Waals surface area contributed by atoms with Gasteiger partial charge in [0.15, 0.2) is 11.5 Å². The van der Waals surface area contributed by atoms with Gasteiger partial charge in [-0.25, -0.2) is 0 Å². The molecule has 2 aromatic carbocycles. The van der Waals surface area contributed by atoms with Crippen molar-refractivity contribution in [2.24, 2.45) is 0 Å². The lowest BCUT2D eigenvalue weighted by Gasteiger charge is -2.11. The summed E-state index contributed by atoms with van der Waals surface area (Å²) in [6, 6.07) is 12.4. The number of hydrogen-bond acceptors (Lipinski definition) is 5. The first-order valence-electron chi connectivity index (χ1n) is 5.84. The van der Waals surface area contributed by atoms with E-state index < -0.39 is 10.1 Å². The predicted octanol–water partition coefficient (Wildman–Crippen LogP) is 1.96. The van der Waals surface area contributed by atoms with Crippen LogP contribution in [0.2, 0.25) is 0 Å². The van der Waals surface area contributed by atoms with Crippen LogP contribution in [0.4, 0.5) is 0 Å². The first kappa shape index (κ1) is 14.4. The van der Waals surface area contributed by atoms with Gasteiger partial charge in [-0.15, -0.1) is 0 Å². The lowest BCUT2D eigenvalue weighted by molar-refractivity contribution is 0.280. The normalized spacial score (nSPS) is 11.1. The molecule has 0 bridgehead atoms. The third kappa shape index (κ3) is 3.09. The Kier molecular flexibility index (Phi) is 4.26. The topological polar surface area (TPSA) is 72.8 Å². The number of aliphatic hydroxyl groups excluding tert-OH is 1. The highest BCUT2D eigenvalue weighted by molar-refractivity contribution is 7.87. The van der Waals surface area contributed by atoms with Crippen molar-refractivity contribution < 1.29 is 22.4 Å². The smallest absolute Gasteiger partial charge is 0.339 e. The van der Waals surface area contributed by atoms with Crippen molar-refractivity contribution in [3.63, 3.8) is 0 Å². The van der Waals surface area contributed by atoms with Crippen LogP contribution >= 0.6 is 0 Å². The van der Waals surface area contributed by atoms with Crippen LogP contribution in [-0.4, -0.2) is 20.6 Å². The second-order valence-corrected chi connectivity index (χ2v) is 5.54. The second-order valence-electron chi connectivity index (χ2n) is 3.99. The fourth-order valence-electron chi connectivity index (χ4n) is 1.63. The Hall–Kier alpha value is -2.05. The molecule has 0 heterocycles. The van der Waals surface area contributed by atoms with Gasteiger partial charge in [-0.2, -0.15) is 8.42 Å². The van der Waals surface area contributed by atoms with Crippen molar-refractivity contribution in [2.45, 2.75) is 11.5 Å². The Morgan fingerprint density at radius 1 is 1.05 bits per heavy atom. The summed E-state index contributed by atoms with van der Waals surface area (Å²) in [4.78, 5) is 0.0632. The van der Waals surface area contributed by atoms with Crippen molar-refractivity contribution in [2.75, 3.05) is 7.11 Å². The highest BCUT2D eigenvalue weighted by Gasteiger charge is 2.18. The summed E-state index contributed by atoms with van der Waals surface area (Å²) in [6.45, 7) is -0.165. The third-order valence-corrected chi connectivity index (χ3v) is 3.89. The Morgan fingerprint density at radius 2 is 1.75 bits per heavy atom. The fourth-order valence-corrected chi connectivity index (χ4v) is 2.59. The van der Waals surface area contributed by atoms with Gasteiger partial charge in [0, 0.05) is 0 Å². The number of aliphatic hydroxyl groups is 1. The Morgan fingerprint density at radius 3 is 2.35 bits per heavy atom. The molecule has 0 aliphatic carbocycles. The maximum atomic E-state index is 12.1. The average molecular weight is 294 g/mol. The maximum absolute atomic E-state index is 12.1. The lowest BCUT2D eigenvalue weighted by atomic mass is 10.2. The SMILES string of the molecule is COc1cc(CO)ccc1OS(=O)(=O)c1ccccc1. The van der Waals surface area contributed by atoms with E-state index in [0.717, 1.165) is 0 Å². The van der Waals surface area contributed by atoms with E-state index >= 15 is 0 Å². The van der Waals surface area contributed by atoms with Gasteiger partial charge in [0.1, 0.15) is 4.90 Å². The van der Waals surface area contributed by atoms with Crippen molar-refractivity contribution in [1.29, 1.82) is 0 Å². The molecule has 0 aliphatic rings. The van der Waals surface area contributed by atoms with Gasteiger partial charge < -0.3 is 14.0 Å². The summed E-state index contributed by atoms with van der Waals surface area (Å²) >= 11 is 0. The van der Waals surface area contributed by atoms with Crippen LogP contribution in [0, 0.1) is 0 Å². The van der Waals surface area contributed by atoms with Crippen LogP contribution in [0.3, 0.4) is 0 Å². The first-order chi connectivity index (χ1) is 9.56. The van der Waals surface area contributed by atoms with Crippen molar-refractivity contribution >= 4 is 10.1 Å². The summed E-state index contributed by atoms with van der Waals surface area (Å²) in [6.07, 6.45) is 0. The van der Waals surface area contributed by atoms with Gasteiger partial charge in [-0.05, 0) is 29.8 Å². The summed E-state index contributed by atoms with van der Waals surface area (Å²) in [5.74, 6) is 0.324. The lowest BCUT2D eigenvalue weighted by Crippen LogP contribution is -2.10. The Balaban J connectivity index is 2.35. The quantitative estimate of drug-likeness (QED) is 0.853. The Bertz CT molecular complexity index is 680. The molecular weight excluding hydrogens is 280 g/mol. The van der Waals surface area contributed by atoms with E-state index in [1.807, 2.05) is 0 Å². The zero-order chi connectivity index (χ0) is 14.6. The monoisotopic (exact) mass is 294 g/mol. The molecule has 2 aromatic rings.